The first-order valence-corrected chi connectivity index (χ1v) is 7.59. The zero-order chi connectivity index (χ0) is 17.1. The van der Waals surface area contributed by atoms with E-state index in [9.17, 15) is 4.79 Å². The lowest BCUT2D eigenvalue weighted by Crippen LogP contribution is -2.26. The molecule has 0 bridgehead atoms. The number of hydrogen-bond acceptors (Lipinski definition) is 6. The lowest BCUT2D eigenvalue weighted by atomic mass is 10.0. The van der Waals surface area contributed by atoms with Crippen LogP contribution < -0.4 is 5.73 Å². The van der Waals surface area contributed by atoms with Crippen LogP contribution in [0.15, 0.2) is 47.1 Å². The number of ether oxygens (including phenoxy) is 1. The summed E-state index contributed by atoms with van der Waals surface area (Å²) in [6.07, 6.45) is 0.596. The lowest BCUT2D eigenvalue weighted by molar-refractivity contribution is 0.109. The van der Waals surface area contributed by atoms with Gasteiger partial charge in [-0.15, -0.1) is 0 Å². The molecule has 7 heteroatoms. The van der Waals surface area contributed by atoms with E-state index >= 15 is 0 Å². The Morgan fingerprint density at radius 2 is 2.08 bits per heavy atom. The molecule has 0 fully saturated rings. The van der Waals surface area contributed by atoms with Crippen LogP contribution in [0.1, 0.15) is 12.7 Å². The van der Waals surface area contributed by atoms with Gasteiger partial charge in [-0.05, 0) is 19.9 Å². The van der Waals surface area contributed by atoms with Gasteiger partial charge in [0.05, 0.1) is 11.3 Å². The van der Waals surface area contributed by atoms with Crippen LogP contribution in [0, 0.1) is 6.92 Å². The summed E-state index contributed by atoms with van der Waals surface area (Å²) in [7, 11) is 0. The highest BCUT2D eigenvalue weighted by molar-refractivity contribution is 5.80. The standard InChI is InChI=1S/C17H18N4O3/c1-11(10-18)23-17(22)21-9-8-14(19-21)15-12(2)24-20-16(15)13-6-4-3-5-7-13/h3-9,11H,10,18H2,1-2H3. The van der Waals surface area contributed by atoms with Crippen molar-refractivity contribution in [1.29, 1.82) is 0 Å². The van der Waals surface area contributed by atoms with Crippen molar-refractivity contribution in [2.24, 2.45) is 5.73 Å². The maximum atomic E-state index is 12.0. The number of carbonyl (C=O) groups is 1. The third-order valence-corrected chi connectivity index (χ3v) is 3.58. The highest BCUT2D eigenvalue weighted by Crippen LogP contribution is 2.33. The van der Waals surface area contributed by atoms with E-state index in [1.54, 1.807) is 19.2 Å². The molecule has 0 saturated heterocycles. The van der Waals surface area contributed by atoms with Gasteiger partial charge in [0.1, 0.15) is 17.6 Å². The van der Waals surface area contributed by atoms with E-state index in [1.165, 1.54) is 0 Å². The molecule has 0 saturated carbocycles. The van der Waals surface area contributed by atoms with Crippen LogP contribution in [-0.4, -0.2) is 33.7 Å². The highest BCUT2D eigenvalue weighted by Gasteiger charge is 2.20. The topological polar surface area (TPSA) is 96.2 Å². The number of nitrogens with zero attached hydrogens (tertiary/aromatic N) is 3. The van der Waals surface area contributed by atoms with Gasteiger partial charge in [0.15, 0.2) is 0 Å². The van der Waals surface area contributed by atoms with E-state index in [4.69, 9.17) is 15.0 Å². The monoisotopic (exact) mass is 326 g/mol. The van der Waals surface area contributed by atoms with Crippen LogP contribution in [0.25, 0.3) is 22.5 Å². The van der Waals surface area contributed by atoms with Crippen molar-refractivity contribution < 1.29 is 14.1 Å². The molecule has 0 aliphatic heterocycles. The highest BCUT2D eigenvalue weighted by atomic mass is 16.6. The number of benzene rings is 1. The average molecular weight is 326 g/mol. The molecule has 3 rings (SSSR count). The molecule has 2 aromatic heterocycles. The van der Waals surface area contributed by atoms with Crippen molar-refractivity contribution in [1.82, 2.24) is 14.9 Å². The Hall–Kier alpha value is -2.93. The van der Waals surface area contributed by atoms with Crippen LogP contribution in [0.5, 0.6) is 0 Å². The summed E-state index contributed by atoms with van der Waals surface area (Å²) in [6.45, 7) is 3.78. The number of aromatic nitrogens is 3. The Labute approximate surface area is 139 Å². The van der Waals surface area contributed by atoms with E-state index in [2.05, 4.69) is 10.3 Å². The minimum atomic E-state index is -0.574. The van der Waals surface area contributed by atoms with Crippen LogP contribution in [-0.2, 0) is 4.74 Å². The van der Waals surface area contributed by atoms with E-state index in [1.807, 2.05) is 37.3 Å². The number of rotatable bonds is 4. The molecule has 1 atom stereocenters. The van der Waals surface area contributed by atoms with Gasteiger partial charge in [0, 0.05) is 18.3 Å². The van der Waals surface area contributed by atoms with E-state index in [0.717, 1.165) is 15.8 Å². The summed E-state index contributed by atoms with van der Waals surface area (Å²) >= 11 is 0. The second kappa shape index (κ2) is 6.67. The van der Waals surface area contributed by atoms with E-state index in [0.29, 0.717) is 17.1 Å². The first-order valence-electron chi connectivity index (χ1n) is 7.59. The third kappa shape index (κ3) is 3.07. The molecule has 0 amide bonds. The number of hydrogen-bond donors (Lipinski definition) is 1. The largest absolute Gasteiger partial charge is 0.444 e. The van der Waals surface area contributed by atoms with Gasteiger partial charge >= 0.3 is 6.09 Å². The van der Waals surface area contributed by atoms with Gasteiger partial charge in [-0.25, -0.2) is 4.79 Å². The third-order valence-electron chi connectivity index (χ3n) is 3.58. The van der Waals surface area contributed by atoms with E-state index in [-0.39, 0.29) is 12.6 Å². The molecule has 1 aromatic carbocycles. The molecule has 124 valence electrons. The normalized spacial score (nSPS) is 12.1. The molecule has 2 heterocycles. The molecule has 24 heavy (non-hydrogen) atoms. The van der Waals surface area contributed by atoms with Gasteiger partial charge in [-0.2, -0.15) is 9.78 Å². The summed E-state index contributed by atoms with van der Waals surface area (Å²) in [4.78, 5) is 12.0. The lowest BCUT2D eigenvalue weighted by Gasteiger charge is -2.09. The Bertz CT molecular complexity index is 839. The van der Waals surface area contributed by atoms with Gasteiger partial charge in [-0.3, -0.25) is 0 Å². The maximum Gasteiger partial charge on any atom is 0.434 e. The van der Waals surface area contributed by atoms with Crippen molar-refractivity contribution in [3.8, 4) is 22.5 Å². The summed E-state index contributed by atoms with van der Waals surface area (Å²) in [5.74, 6) is 0.628. The second-order valence-corrected chi connectivity index (χ2v) is 5.40. The van der Waals surface area contributed by atoms with Crippen molar-refractivity contribution in [3.63, 3.8) is 0 Å². The van der Waals surface area contributed by atoms with E-state index < -0.39 is 6.09 Å². The molecular weight excluding hydrogens is 308 g/mol. The van der Waals surface area contributed by atoms with Gasteiger partial charge in [0.2, 0.25) is 0 Å². The molecule has 0 radical (unpaired) electrons. The second-order valence-electron chi connectivity index (χ2n) is 5.40. The molecule has 0 aliphatic rings. The Morgan fingerprint density at radius 3 is 2.79 bits per heavy atom. The summed E-state index contributed by atoms with van der Waals surface area (Å²) in [5, 5.41) is 8.41. The van der Waals surface area contributed by atoms with Gasteiger partial charge < -0.3 is 15.0 Å². The SMILES string of the molecule is Cc1onc(-c2ccccc2)c1-c1ccn(C(=O)OC(C)CN)n1. The molecule has 7 nitrogen and oxygen atoms in total. The maximum absolute atomic E-state index is 12.0. The minimum Gasteiger partial charge on any atom is -0.444 e. The average Bonchev–Trinajstić information content (AvgIpc) is 3.22. The van der Waals surface area contributed by atoms with Gasteiger partial charge in [-0.1, -0.05) is 35.5 Å². The van der Waals surface area contributed by atoms with Crippen LogP contribution in [0.2, 0.25) is 0 Å². The van der Waals surface area contributed by atoms with Gasteiger partial charge in [0.25, 0.3) is 0 Å². The fourth-order valence-electron chi connectivity index (χ4n) is 2.30. The first-order chi connectivity index (χ1) is 11.6. The van der Waals surface area contributed by atoms with Crippen molar-refractivity contribution in [3.05, 3.63) is 48.4 Å². The predicted molar refractivity (Wildman–Crippen MR) is 88.3 cm³/mol. The molecule has 0 spiro atoms. The van der Waals surface area contributed by atoms with Crippen LogP contribution in [0.4, 0.5) is 4.79 Å². The minimum absolute atomic E-state index is 0.253. The molecular formula is C17H18N4O3. The predicted octanol–water partition coefficient (Wildman–Crippen LogP) is 2.85. The van der Waals surface area contributed by atoms with Crippen molar-refractivity contribution in [2.45, 2.75) is 20.0 Å². The van der Waals surface area contributed by atoms with Crippen molar-refractivity contribution >= 4 is 6.09 Å². The quantitative estimate of drug-likeness (QED) is 0.792. The summed E-state index contributed by atoms with van der Waals surface area (Å²) in [5.41, 5.74) is 8.39. The van der Waals surface area contributed by atoms with Crippen LogP contribution in [0.3, 0.4) is 0 Å². The number of nitrogens with two attached hydrogens (primary N) is 1. The smallest absolute Gasteiger partial charge is 0.434 e. The fraction of sp³-hybridized carbons (Fsp3) is 0.235. The Balaban J connectivity index is 1.94. The summed E-state index contributed by atoms with van der Waals surface area (Å²) < 4.78 is 11.6. The first kappa shape index (κ1) is 15.9. The fourth-order valence-corrected chi connectivity index (χ4v) is 2.30. The summed E-state index contributed by atoms with van der Waals surface area (Å²) in [6, 6.07) is 11.4. The number of aryl methyl sites for hydroxylation is 1. The number of carbonyl (C=O) groups excluding carboxylic acids is 1. The molecule has 0 aliphatic carbocycles. The van der Waals surface area contributed by atoms with Crippen molar-refractivity contribution in [2.75, 3.05) is 6.54 Å². The Morgan fingerprint density at radius 1 is 1.33 bits per heavy atom. The van der Waals surface area contributed by atoms with Crippen LogP contribution >= 0.6 is 0 Å². The Kier molecular flexibility index (Phi) is 4.43. The molecule has 3 aromatic rings. The molecule has 1 unspecified atom stereocenters. The zero-order valence-corrected chi connectivity index (χ0v) is 13.5. The zero-order valence-electron chi connectivity index (χ0n) is 13.5. The molecule has 2 N–H and O–H groups in total.